The summed E-state index contributed by atoms with van der Waals surface area (Å²) in [7, 11) is 3.64. The minimum Gasteiger partial charge on any atom is -0.516 e. The Labute approximate surface area is 161 Å². The molecule has 1 saturated heterocycles. The van der Waals surface area contributed by atoms with Crippen LogP contribution in [0.25, 0.3) is 17.1 Å². The number of hydrogen-bond donors (Lipinski definition) is 2. The van der Waals surface area contributed by atoms with E-state index in [4.69, 9.17) is 9.84 Å². The van der Waals surface area contributed by atoms with Gasteiger partial charge in [-0.05, 0) is 62.7 Å². The Morgan fingerprint density at radius 2 is 1.89 bits per heavy atom. The van der Waals surface area contributed by atoms with Crippen molar-refractivity contribution in [2.75, 3.05) is 20.2 Å². The van der Waals surface area contributed by atoms with Crippen LogP contribution in [0.15, 0.2) is 55.1 Å². The van der Waals surface area contributed by atoms with Crippen molar-refractivity contribution in [1.82, 2.24) is 14.9 Å². The van der Waals surface area contributed by atoms with Crippen molar-refractivity contribution in [3.05, 3.63) is 66.2 Å². The number of para-hydroxylation sites is 1. The van der Waals surface area contributed by atoms with Crippen LogP contribution in [-0.4, -0.2) is 34.9 Å². The smallest absolute Gasteiger partial charge is 0.126 e. The number of fused-ring (bicyclic) bond motifs is 1. The first kappa shape index (κ1) is 20.5. The van der Waals surface area contributed by atoms with Crippen LogP contribution in [0, 0.1) is 6.92 Å². The number of rotatable bonds is 2. The lowest BCUT2D eigenvalue weighted by Gasteiger charge is -2.01. The number of methoxy groups -OCH3 is 1. The van der Waals surface area contributed by atoms with E-state index in [2.05, 4.69) is 34.1 Å². The van der Waals surface area contributed by atoms with Gasteiger partial charge in [0.05, 0.1) is 24.4 Å². The SMILES string of the molecule is C1CCNC1.COc1ccccc1/C=C/O.Cc1cn(C)c2cccnc12. The van der Waals surface area contributed by atoms with Crippen molar-refractivity contribution in [2.24, 2.45) is 7.05 Å². The third-order valence-electron chi connectivity index (χ3n) is 4.28. The molecule has 0 amide bonds. The second kappa shape index (κ2) is 11.0. The van der Waals surface area contributed by atoms with Gasteiger partial charge in [-0.2, -0.15) is 0 Å². The number of hydrogen-bond acceptors (Lipinski definition) is 4. The van der Waals surface area contributed by atoms with Crippen molar-refractivity contribution in [1.29, 1.82) is 0 Å². The summed E-state index contributed by atoms with van der Waals surface area (Å²) < 4.78 is 7.13. The van der Waals surface area contributed by atoms with Crippen LogP contribution in [-0.2, 0) is 7.05 Å². The molecule has 27 heavy (non-hydrogen) atoms. The van der Waals surface area contributed by atoms with Gasteiger partial charge in [-0.25, -0.2) is 0 Å². The number of aromatic nitrogens is 2. The van der Waals surface area contributed by atoms with E-state index in [9.17, 15) is 0 Å². The van der Waals surface area contributed by atoms with Gasteiger partial charge in [0, 0.05) is 25.0 Å². The molecule has 2 N–H and O–H groups in total. The monoisotopic (exact) mass is 367 g/mol. The van der Waals surface area contributed by atoms with Gasteiger partial charge in [0.1, 0.15) is 5.75 Å². The Kier molecular flexibility index (Phi) is 8.39. The molecular weight excluding hydrogens is 338 g/mol. The normalized spacial score (nSPS) is 13.0. The maximum atomic E-state index is 8.50. The van der Waals surface area contributed by atoms with E-state index in [0.717, 1.165) is 23.1 Å². The second-order valence-electron chi connectivity index (χ2n) is 6.31. The van der Waals surface area contributed by atoms with Gasteiger partial charge in [-0.3, -0.25) is 4.98 Å². The van der Waals surface area contributed by atoms with E-state index < -0.39 is 0 Å². The molecule has 3 heterocycles. The summed E-state index contributed by atoms with van der Waals surface area (Å²) in [4.78, 5) is 4.28. The van der Waals surface area contributed by atoms with Gasteiger partial charge in [0.15, 0.2) is 0 Å². The Bertz CT molecular complexity index is 808. The molecule has 1 aliphatic heterocycles. The van der Waals surface area contributed by atoms with Crippen molar-refractivity contribution in [2.45, 2.75) is 19.8 Å². The Balaban J connectivity index is 0.000000155. The average molecular weight is 367 g/mol. The molecule has 0 spiro atoms. The van der Waals surface area contributed by atoms with Crippen molar-refractivity contribution in [3.63, 3.8) is 0 Å². The van der Waals surface area contributed by atoms with E-state index in [-0.39, 0.29) is 0 Å². The quantitative estimate of drug-likeness (QED) is 0.656. The van der Waals surface area contributed by atoms with Gasteiger partial charge in [-0.1, -0.05) is 18.2 Å². The lowest BCUT2D eigenvalue weighted by Crippen LogP contribution is -2.03. The molecule has 0 atom stereocenters. The van der Waals surface area contributed by atoms with E-state index in [0.29, 0.717) is 0 Å². The first-order valence-corrected chi connectivity index (χ1v) is 9.18. The molecule has 4 rings (SSSR count). The lowest BCUT2D eigenvalue weighted by molar-refractivity contribution is 0.413. The molecular formula is C22H29N3O2. The molecule has 0 saturated carbocycles. The zero-order valence-electron chi connectivity index (χ0n) is 16.4. The first-order chi connectivity index (χ1) is 13.2. The van der Waals surface area contributed by atoms with Crippen LogP contribution in [0.4, 0.5) is 0 Å². The van der Waals surface area contributed by atoms with E-state index >= 15 is 0 Å². The third kappa shape index (κ3) is 6.15. The number of aryl methyl sites for hydroxylation is 2. The summed E-state index contributed by atoms with van der Waals surface area (Å²) in [6.07, 6.45) is 9.28. The summed E-state index contributed by atoms with van der Waals surface area (Å²) in [5.74, 6) is 0.762. The molecule has 2 aromatic heterocycles. The van der Waals surface area contributed by atoms with Crippen LogP contribution in [0.1, 0.15) is 24.0 Å². The summed E-state index contributed by atoms with van der Waals surface area (Å²) in [5, 5.41) is 11.7. The van der Waals surface area contributed by atoms with E-state index in [1.54, 1.807) is 13.2 Å². The molecule has 1 aliphatic rings. The predicted molar refractivity (Wildman–Crippen MR) is 112 cm³/mol. The molecule has 1 fully saturated rings. The minimum atomic E-state index is 0.762. The molecule has 0 radical (unpaired) electrons. The molecule has 144 valence electrons. The fourth-order valence-corrected chi connectivity index (χ4v) is 2.92. The zero-order valence-corrected chi connectivity index (χ0v) is 16.4. The van der Waals surface area contributed by atoms with Gasteiger partial charge >= 0.3 is 0 Å². The Morgan fingerprint density at radius 3 is 2.48 bits per heavy atom. The molecule has 0 unspecified atom stereocenters. The Morgan fingerprint density at radius 1 is 1.15 bits per heavy atom. The topological polar surface area (TPSA) is 59.3 Å². The number of ether oxygens (including phenoxy) is 1. The predicted octanol–water partition coefficient (Wildman–Crippen LogP) is 4.48. The van der Waals surface area contributed by atoms with Gasteiger partial charge in [-0.15, -0.1) is 0 Å². The highest BCUT2D eigenvalue weighted by molar-refractivity contribution is 5.78. The lowest BCUT2D eigenvalue weighted by atomic mass is 10.2. The summed E-state index contributed by atoms with van der Waals surface area (Å²) >= 11 is 0. The minimum absolute atomic E-state index is 0.762. The second-order valence-corrected chi connectivity index (χ2v) is 6.31. The molecule has 3 aromatic rings. The van der Waals surface area contributed by atoms with Crippen LogP contribution in [0.3, 0.4) is 0 Å². The van der Waals surface area contributed by atoms with Crippen molar-refractivity contribution in [3.8, 4) is 5.75 Å². The van der Waals surface area contributed by atoms with Crippen LogP contribution in [0.5, 0.6) is 5.75 Å². The fraction of sp³-hybridized carbons (Fsp3) is 0.318. The largest absolute Gasteiger partial charge is 0.516 e. The van der Waals surface area contributed by atoms with E-state index in [1.165, 1.54) is 37.0 Å². The van der Waals surface area contributed by atoms with Crippen LogP contribution < -0.4 is 10.1 Å². The number of aliphatic hydroxyl groups excluding tert-OH is 1. The molecule has 5 heteroatoms. The number of nitrogens with one attached hydrogen (secondary N) is 1. The number of nitrogens with zero attached hydrogens (tertiary/aromatic N) is 2. The van der Waals surface area contributed by atoms with E-state index in [1.807, 2.05) is 43.6 Å². The van der Waals surface area contributed by atoms with Gasteiger partial charge in [0.25, 0.3) is 0 Å². The van der Waals surface area contributed by atoms with Gasteiger partial charge in [0.2, 0.25) is 0 Å². The highest BCUT2D eigenvalue weighted by atomic mass is 16.5. The highest BCUT2D eigenvalue weighted by Gasteiger charge is 2.00. The van der Waals surface area contributed by atoms with Gasteiger partial charge < -0.3 is 19.7 Å². The first-order valence-electron chi connectivity index (χ1n) is 9.18. The van der Waals surface area contributed by atoms with Crippen molar-refractivity contribution >= 4 is 17.1 Å². The molecule has 0 aliphatic carbocycles. The average Bonchev–Trinajstić information content (AvgIpc) is 3.37. The summed E-state index contributed by atoms with van der Waals surface area (Å²) in [5.41, 5.74) is 4.42. The van der Waals surface area contributed by atoms with Crippen LogP contribution in [0.2, 0.25) is 0 Å². The molecule has 5 nitrogen and oxygen atoms in total. The maximum Gasteiger partial charge on any atom is 0.126 e. The number of aliphatic hydroxyl groups is 1. The number of benzene rings is 1. The fourth-order valence-electron chi connectivity index (χ4n) is 2.92. The molecule has 0 bridgehead atoms. The van der Waals surface area contributed by atoms with Crippen LogP contribution >= 0.6 is 0 Å². The highest BCUT2D eigenvalue weighted by Crippen LogP contribution is 2.18. The molecule has 1 aromatic carbocycles. The number of pyridine rings is 1. The maximum absolute atomic E-state index is 8.50. The standard InChI is InChI=1S/C9H10N2.C9H10O2.C4H9N/c1-7-6-11(2)8-4-3-5-10-9(7)8;1-11-9-5-3-2-4-8(9)6-7-10;1-2-4-5-3-1/h3-6H,1-2H3;2-7,10H,1H3;5H,1-4H2/b;7-6+;. The third-order valence-corrected chi connectivity index (χ3v) is 4.28. The Hall–Kier alpha value is -2.79. The summed E-state index contributed by atoms with van der Waals surface area (Å²) in [6, 6.07) is 11.5. The van der Waals surface area contributed by atoms with Crippen molar-refractivity contribution < 1.29 is 9.84 Å². The zero-order chi connectivity index (χ0) is 19.5. The summed E-state index contributed by atoms with van der Waals surface area (Å²) in [6.45, 7) is 4.58.